The number of thiazole rings is 1. The van der Waals surface area contributed by atoms with Crippen molar-refractivity contribution in [2.45, 2.75) is 13.0 Å². The molecule has 2 amide bonds. The van der Waals surface area contributed by atoms with Crippen LogP contribution in [0.25, 0.3) is 0 Å². The van der Waals surface area contributed by atoms with E-state index in [-0.39, 0.29) is 23.1 Å². The van der Waals surface area contributed by atoms with Crippen LogP contribution in [0.4, 0.5) is 4.79 Å². The molecule has 0 spiro atoms. The van der Waals surface area contributed by atoms with Gasteiger partial charge in [0.05, 0.1) is 11.6 Å². The number of hydrogen-bond acceptors (Lipinski definition) is 6. The molecule has 0 aliphatic carbocycles. The lowest BCUT2D eigenvalue weighted by molar-refractivity contribution is 0.0945. The van der Waals surface area contributed by atoms with Crippen LogP contribution in [0, 0.1) is 0 Å². The summed E-state index contributed by atoms with van der Waals surface area (Å²) in [6, 6.07) is 1.68. The molecule has 3 N–H and O–H groups in total. The van der Waals surface area contributed by atoms with E-state index in [0.29, 0.717) is 17.3 Å². The first-order valence-electron chi connectivity index (χ1n) is 6.22. The second-order valence-corrected chi connectivity index (χ2v) is 5.75. The minimum Gasteiger partial charge on any atom is -0.465 e. The summed E-state index contributed by atoms with van der Waals surface area (Å²) >= 11 is 7.14. The molecule has 2 aromatic rings. The fourth-order valence-electron chi connectivity index (χ4n) is 1.53. The molecule has 8 nitrogen and oxygen atoms in total. The predicted octanol–water partition coefficient (Wildman–Crippen LogP) is 1.33. The third kappa shape index (κ3) is 4.64. The van der Waals surface area contributed by atoms with Crippen LogP contribution in [0.1, 0.15) is 21.3 Å². The van der Waals surface area contributed by atoms with Crippen molar-refractivity contribution in [2.24, 2.45) is 0 Å². The second-order valence-electron chi connectivity index (χ2n) is 4.06. The lowest BCUT2D eigenvalue weighted by atomic mass is 10.4. The Morgan fingerprint density at radius 1 is 1.27 bits per heavy atom. The lowest BCUT2D eigenvalue weighted by Gasteiger charge is -2.01. The Bertz CT molecular complexity index is 664. The number of hydrogen-bond donors (Lipinski definition) is 3. The molecule has 0 aliphatic heterocycles. The zero-order valence-corrected chi connectivity index (χ0v) is 12.8. The van der Waals surface area contributed by atoms with Crippen molar-refractivity contribution in [3.05, 3.63) is 39.3 Å². The monoisotopic (exact) mass is 341 g/mol. The van der Waals surface area contributed by atoms with Crippen LogP contribution in [0.3, 0.4) is 0 Å². The van der Waals surface area contributed by atoms with Gasteiger partial charge >= 0.3 is 6.09 Å². The fourth-order valence-corrected chi connectivity index (χ4v) is 2.71. The Morgan fingerprint density at radius 3 is 2.68 bits per heavy atom. The first kappa shape index (κ1) is 16.1. The quantitative estimate of drug-likeness (QED) is 0.729. The number of carbonyl (C=O) groups excluding carboxylic acids is 1. The minimum atomic E-state index is -1.11. The normalized spacial score (nSPS) is 10.2. The van der Waals surface area contributed by atoms with Crippen LogP contribution in [-0.4, -0.2) is 38.6 Å². The zero-order valence-electron chi connectivity index (χ0n) is 11.2. The highest BCUT2D eigenvalue weighted by Crippen LogP contribution is 2.24. The lowest BCUT2D eigenvalue weighted by Crippen LogP contribution is -2.25. The molecule has 0 bridgehead atoms. The minimum absolute atomic E-state index is 0.118. The zero-order chi connectivity index (χ0) is 15.9. The highest BCUT2D eigenvalue weighted by molar-refractivity contribution is 7.16. The SMILES string of the molecule is O=C(O)NCCc1nc(C(=O)NCc2ncccn2)c(Cl)s1. The van der Waals surface area contributed by atoms with E-state index >= 15 is 0 Å². The van der Waals surface area contributed by atoms with Crippen molar-refractivity contribution >= 4 is 34.9 Å². The summed E-state index contributed by atoms with van der Waals surface area (Å²) < 4.78 is 0.261. The molecular weight excluding hydrogens is 330 g/mol. The van der Waals surface area contributed by atoms with Crippen molar-refractivity contribution in [3.63, 3.8) is 0 Å². The molecule has 10 heteroatoms. The molecule has 2 rings (SSSR count). The van der Waals surface area contributed by atoms with E-state index in [0.717, 1.165) is 11.3 Å². The molecule has 0 radical (unpaired) electrons. The Kier molecular flexibility index (Phi) is 5.61. The third-order valence-electron chi connectivity index (χ3n) is 2.49. The van der Waals surface area contributed by atoms with E-state index in [1.165, 1.54) is 0 Å². The highest BCUT2D eigenvalue weighted by atomic mass is 35.5. The average molecular weight is 342 g/mol. The van der Waals surface area contributed by atoms with Crippen LogP contribution in [0.15, 0.2) is 18.5 Å². The van der Waals surface area contributed by atoms with Gasteiger partial charge in [-0.2, -0.15) is 0 Å². The molecule has 2 heterocycles. The maximum absolute atomic E-state index is 12.0. The van der Waals surface area contributed by atoms with Gasteiger partial charge in [-0.25, -0.2) is 19.7 Å². The van der Waals surface area contributed by atoms with Crippen LogP contribution in [0.2, 0.25) is 4.34 Å². The Morgan fingerprint density at radius 2 is 2.00 bits per heavy atom. The van der Waals surface area contributed by atoms with E-state index < -0.39 is 12.0 Å². The molecule has 116 valence electrons. The van der Waals surface area contributed by atoms with Gasteiger partial charge in [-0.15, -0.1) is 11.3 Å². The van der Waals surface area contributed by atoms with E-state index in [9.17, 15) is 9.59 Å². The van der Waals surface area contributed by atoms with Gasteiger partial charge in [-0.05, 0) is 6.07 Å². The number of nitrogens with zero attached hydrogens (tertiary/aromatic N) is 3. The van der Waals surface area contributed by atoms with Crippen molar-refractivity contribution in [3.8, 4) is 0 Å². The summed E-state index contributed by atoms with van der Waals surface area (Å²) in [4.78, 5) is 34.5. The first-order chi connectivity index (χ1) is 10.6. The molecule has 0 aromatic carbocycles. The standard InChI is InChI=1S/C12H12ClN5O3S/c13-10-9(18-8(22-10)2-5-16-12(20)21)11(19)17-6-7-14-3-1-4-15-7/h1,3-4,16H,2,5-6H2,(H,17,19)(H,20,21). The Hall–Kier alpha value is -2.26. The van der Waals surface area contributed by atoms with Crippen LogP contribution in [0.5, 0.6) is 0 Å². The summed E-state index contributed by atoms with van der Waals surface area (Å²) in [5.41, 5.74) is 0.118. The van der Waals surface area contributed by atoms with Gasteiger partial charge in [0.2, 0.25) is 0 Å². The van der Waals surface area contributed by atoms with Gasteiger partial charge in [0.15, 0.2) is 5.69 Å². The van der Waals surface area contributed by atoms with Crippen LogP contribution in [-0.2, 0) is 13.0 Å². The summed E-state index contributed by atoms with van der Waals surface area (Å²) in [6.07, 6.45) is 2.42. The first-order valence-corrected chi connectivity index (χ1v) is 7.42. The maximum atomic E-state index is 12.0. The largest absolute Gasteiger partial charge is 0.465 e. The van der Waals surface area contributed by atoms with Crippen molar-refractivity contribution in [1.29, 1.82) is 0 Å². The molecule has 0 fully saturated rings. The van der Waals surface area contributed by atoms with E-state index in [2.05, 4.69) is 25.6 Å². The van der Waals surface area contributed by atoms with Gasteiger partial charge in [0.25, 0.3) is 5.91 Å². The van der Waals surface area contributed by atoms with Crippen molar-refractivity contribution in [2.75, 3.05) is 6.54 Å². The van der Waals surface area contributed by atoms with Gasteiger partial charge in [0, 0.05) is 25.4 Å². The van der Waals surface area contributed by atoms with Gasteiger partial charge < -0.3 is 15.7 Å². The number of carboxylic acid groups (broad SMARTS) is 1. The molecule has 0 atom stereocenters. The topological polar surface area (TPSA) is 117 Å². The van der Waals surface area contributed by atoms with Crippen molar-refractivity contribution in [1.82, 2.24) is 25.6 Å². The summed E-state index contributed by atoms with van der Waals surface area (Å²) in [7, 11) is 0. The van der Waals surface area contributed by atoms with Crippen LogP contribution < -0.4 is 10.6 Å². The molecule has 2 aromatic heterocycles. The molecule has 0 aliphatic rings. The number of nitrogens with one attached hydrogen (secondary N) is 2. The number of rotatable bonds is 6. The third-order valence-corrected chi connectivity index (χ3v) is 3.80. The number of carbonyl (C=O) groups is 2. The van der Waals surface area contributed by atoms with Gasteiger partial charge in [-0.3, -0.25) is 4.79 Å². The summed E-state index contributed by atoms with van der Waals surface area (Å²) in [6.45, 7) is 0.377. The van der Waals surface area contributed by atoms with Crippen LogP contribution >= 0.6 is 22.9 Å². The number of halogens is 1. The molecular formula is C12H12ClN5O3S. The Labute approximate surface area is 134 Å². The summed E-state index contributed by atoms with van der Waals surface area (Å²) in [5.74, 6) is 0.0548. The van der Waals surface area contributed by atoms with Gasteiger partial charge in [-0.1, -0.05) is 11.6 Å². The number of aromatic nitrogens is 3. The smallest absolute Gasteiger partial charge is 0.404 e. The molecule has 0 saturated carbocycles. The highest BCUT2D eigenvalue weighted by Gasteiger charge is 2.17. The average Bonchev–Trinajstić information content (AvgIpc) is 2.86. The molecule has 0 saturated heterocycles. The van der Waals surface area contributed by atoms with E-state index in [4.69, 9.17) is 16.7 Å². The predicted molar refractivity (Wildman–Crippen MR) is 80.1 cm³/mol. The molecule has 22 heavy (non-hydrogen) atoms. The van der Waals surface area contributed by atoms with E-state index in [1.807, 2.05) is 0 Å². The van der Waals surface area contributed by atoms with E-state index in [1.54, 1.807) is 18.5 Å². The summed E-state index contributed by atoms with van der Waals surface area (Å²) in [5, 5.41) is 13.9. The van der Waals surface area contributed by atoms with Gasteiger partial charge in [0.1, 0.15) is 10.2 Å². The number of amides is 2. The molecule has 0 unspecified atom stereocenters. The van der Waals surface area contributed by atoms with Crippen molar-refractivity contribution < 1.29 is 14.7 Å². The fraction of sp³-hybridized carbons (Fsp3) is 0.250. The Balaban J connectivity index is 1.92. The maximum Gasteiger partial charge on any atom is 0.404 e. The second kappa shape index (κ2) is 7.66.